The molecule has 150 valence electrons. The highest BCUT2D eigenvalue weighted by atomic mass is 16.5. The maximum Gasteiger partial charge on any atom is 0.176 e. The molecule has 6 heteroatoms. The lowest BCUT2D eigenvalue weighted by atomic mass is 10.1. The van der Waals surface area contributed by atoms with Gasteiger partial charge in [-0.1, -0.05) is 0 Å². The van der Waals surface area contributed by atoms with Crippen LogP contribution in [0.3, 0.4) is 0 Å². The second kappa shape index (κ2) is 10.8. The first kappa shape index (κ1) is 20.3. The van der Waals surface area contributed by atoms with Gasteiger partial charge in [0.2, 0.25) is 0 Å². The number of rotatable bonds is 10. The minimum atomic E-state index is 0.154. The van der Waals surface area contributed by atoms with Crippen LogP contribution in [-0.4, -0.2) is 87.9 Å². The van der Waals surface area contributed by atoms with Gasteiger partial charge < -0.3 is 14.2 Å². The number of ketones is 1. The van der Waals surface area contributed by atoms with Crippen LogP contribution < -0.4 is 4.74 Å². The first-order chi connectivity index (χ1) is 13.3. The third kappa shape index (κ3) is 6.28. The van der Waals surface area contributed by atoms with Crippen LogP contribution in [0.4, 0.5) is 0 Å². The van der Waals surface area contributed by atoms with Gasteiger partial charge in [-0.25, -0.2) is 0 Å². The minimum Gasteiger partial charge on any atom is -0.494 e. The summed E-state index contributed by atoms with van der Waals surface area (Å²) in [5.74, 6) is 0.981. The summed E-state index contributed by atoms with van der Waals surface area (Å²) < 4.78 is 16.5. The lowest BCUT2D eigenvalue weighted by Crippen LogP contribution is -2.39. The molecule has 2 saturated heterocycles. The second-order valence-electron chi connectivity index (χ2n) is 7.33. The first-order valence-corrected chi connectivity index (χ1v) is 10.1. The van der Waals surface area contributed by atoms with E-state index in [1.807, 2.05) is 24.3 Å². The summed E-state index contributed by atoms with van der Waals surface area (Å²) in [4.78, 5) is 17.0. The van der Waals surface area contributed by atoms with Crippen molar-refractivity contribution in [2.45, 2.75) is 25.3 Å². The number of carbonyl (C=O) groups is 1. The Hall–Kier alpha value is -1.47. The number of Topliss-reactive ketones (excluding diaryl/α,β-unsaturated/α-hetero) is 1. The van der Waals surface area contributed by atoms with Gasteiger partial charge in [-0.3, -0.25) is 14.6 Å². The van der Waals surface area contributed by atoms with E-state index in [-0.39, 0.29) is 5.78 Å². The summed E-state index contributed by atoms with van der Waals surface area (Å²) in [5.41, 5.74) is 0.744. The number of methoxy groups -OCH3 is 1. The monoisotopic (exact) mass is 376 g/mol. The SMILES string of the molecule is COC[C@H]1CCCN1CCCOc1ccc(C(=O)CN2CCOCC2)cc1. The molecule has 0 amide bonds. The molecule has 2 heterocycles. The Morgan fingerprint density at radius 2 is 1.96 bits per heavy atom. The number of ether oxygens (including phenoxy) is 3. The van der Waals surface area contributed by atoms with Crippen LogP contribution in [0.1, 0.15) is 29.6 Å². The summed E-state index contributed by atoms with van der Waals surface area (Å²) in [6.07, 6.45) is 3.49. The molecule has 0 aromatic heterocycles. The lowest BCUT2D eigenvalue weighted by molar-refractivity contribution is 0.0371. The van der Waals surface area contributed by atoms with Crippen LogP contribution in [-0.2, 0) is 9.47 Å². The molecule has 6 nitrogen and oxygen atoms in total. The molecule has 0 N–H and O–H groups in total. The molecule has 0 spiro atoms. The highest BCUT2D eigenvalue weighted by Crippen LogP contribution is 2.18. The number of carbonyl (C=O) groups excluding carboxylic acids is 1. The molecule has 1 aromatic carbocycles. The zero-order chi connectivity index (χ0) is 18.9. The van der Waals surface area contributed by atoms with E-state index in [2.05, 4.69) is 9.80 Å². The Morgan fingerprint density at radius 1 is 1.19 bits per heavy atom. The Kier molecular flexibility index (Phi) is 8.08. The Balaban J connectivity index is 1.36. The number of hydrogen-bond acceptors (Lipinski definition) is 6. The fourth-order valence-corrected chi connectivity index (χ4v) is 3.82. The van der Waals surface area contributed by atoms with Crippen LogP contribution in [0, 0.1) is 0 Å². The van der Waals surface area contributed by atoms with Crippen LogP contribution in [0.2, 0.25) is 0 Å². The van der Waals surface area contributed by atoms with Crippen molar-refractivity contribution >= 4 is 5.78 Å². The summed E-state index contributed by atoms with van der Waals surface area (Å²) in [6.45, 7) is 7.26. The molecule has 2 aliphatic heterocycles. The van der Waals surface area contributed by atoms with Crippen LogP contribution >= 0.6 is 0 Å². The van der Waals surface area contributed by atoms with Crippen molar-refractivity contribution in [3.63, 3.8) is 0 Å². The van der Waals surface area contributed by atoms with E-state index in [0.29, 0.717) is 32.4 Å². The maximum absolute atomic E-state index is 12.4. The van der Waals surface area contributed by atoms with Gasteiger partial charge in [0.15, 0.2) is 5.78 Å². The van der Waals surface area contributed by atoms with Crippen molar-refractivity contribution in [1.29, 1.82) is 0 Å². The predicted molar refractivity (Wildman–Crippen MR) is 105 cm³/mol. The van der Waals surface area contributed by atoms with Crippen molar-refractivity contribution in [3.05, 3.63) is 29.8 Å². The maximum atomic E-state index is 12.4. The topological polar surface area (TPSA) is 51.2 Å². The molecule has 0 aliphatic carbocycles. The predicted octanol–water partition coefficient (Wildman–Crippen LogP) is 2.08. The number of nitrogens with zero attached hydrogens (tertiary/aromatic N) is 2. The summed E-state index contributed by atoms with van der Waals surface area (Å²) in [7, 11) is 1.77. The third-order valence-electron chi connectivity index (χ3n) is 5.36. The molecular weight excluding hydrogens is 344 g/mol. The van der Waals surface area contributed by atoms with Gasteiger partial charge in [0.1, 0.15) is 5.75 Å². The average molecular weight is 376 g/mol. The molecule has 0 saturated carbocycles. The van der Waals surface area contributed by atoms with E-state index in [1.165, 1.54) is 12.8 Å². The number of benzene rings is 1. The standard InChI is InChI=1S/C21H32N2O4/c1-25-17-19-4-2-9-23(19)10-3-13-27-20-7-5-18(6-8-20)21(24)16-22-11-14-26-15-12-22/h5-8,19H,2-4,9-17H2,1H3/t19-/m1/s1. The fourth-order valence-electron chi connectivity index (χ4n) is 3.82. The molecule has 1 aromatic rings. The van der Waals surface area contributed by atoms with E-state index < -0.39 is 0 Å². The highest BCUT2D eigenvalue weighted by Gasteiger charge is 2.23. The van der Waals surface area contributed by atoms with Crippen LogP contribution in [0.5, 0.6) is 5.75 Å². The van der Waals surface area contributed by atoms with Crippen molar-refractivity contribution in [2.75, 3.05) is 66.3 Å². The third-order valence-corrected chi connectivity index (χ3v) is 5.36. The Bertz CT molecular complexity index is 572. The van der Waals surface area contributed by atoms with Gasteiger partial charge in [0.05, 0.1) is 33.0 Å². The number of hydrogen-bond donors (Lipinski definition) is 0. The quantitative estimate of drug-likeness (QED) is 0.460. The van der Waals surface area contributed by atoms with Crippen molar-refractivity contribution in [1.82, 2.24) is 9.80 Å². The first-order valence-electron chi connectivity index (χ1n) is 10.1. The number of morpholine rings is 1. The van der Waals surface area contributed by atoms with Crippen LogP contribution in [0.25, 0.3) is 0 Å². The zero-order valence-electron chi connectivity index (χ0n) is 16.4. The Morgan fingerprint density at radius 3 is 2.70 bits per heavy atom. The van der Waals surface area contributed by atoms with E-state index in [9.17, 15) is 4.79 Å². The smallest absolute Gasteiger partial charge is 0.176 e. The van der Waals surface area contributed by atoms with Crippen molar-refractivity contribution in [2.24, 2.45) is 0 Å². The lowest BCUT2D eigenvalue weighted by Gasteiger charge is -2.25. The Labute approximate surface area is 162 Å². The molecule has 27 heavy (non-hydrogen) atoms. The molecule has 1 atom stereocenters. The van der Waals surface area contributed by atoms with E-state index in [0.717, 1.165) is 50.5 Å². The molecule has 0 bridgehead atoms. The molecule has 0 radical (unpaired) electrons. The van der Waals surface area contributed by atoms with Crippen LogP contribution in [0.15, 0.2) is 24.3 Å². The van der Waals surface area contributed by atoms with Crippen molar-refractivity contribution in [3.8, 4) is 5.75 Å². The summed E-state index contributed by atoms with van der Waals surface area (Å²) >= 11 is 0. The van der Waals surface area contributed by atoms with Gasteiger partial charge >= 0.3 is 0 Å². The van der Waals surface area contributed by atoms with Gasteiger partial charge in [-0.15, -0.1) is 0 Å². The fraction of sp³-hybridized carbons (Fsp3) is 0.667. The zero-order valence-corrected chi connectivity index (χ0v) is 16.4. The minimum absolute atomic E-state index is 0.154. The van der Waals surface area contributed by atoms with Gasteiger partial charge in [0, 0.05) is 38.3 Å². The summed E-state index contributed by atoms with van der Waals surface area (Å²) in [6, 6.07) is 8.10. The highest BCUT2D eigenvalue weighted by molar-refractivity contribution is 5.97. The summed E-state index contributed by atoms with van der Waals surface area (Å²) in [5, 5.41) is 0. The second-order valence-corrected chi connectivity index (χ2v) is 7.33. The molecule has 3 rings (SSSR count). The number of likely N-dealkylation sites (tertiary alicyclic amines) is 1. The van der Waals surface area contributed by atoms with E-state index >= 15 is 0 Å². The molecule has 2 fully saturated rings. The molecule has 0 unspecified atom stereocenters. The van der Waals surface area contributed by atoms with Gasteiger partial charge in [0.25, 0.3) is 0 Å². The van der Waals surface area contributed by atoms with Gasteiger partial charge in [-0.2, -0.15) is 0 Å². The van der Waals surface area contributed by atoms with E-state index in [1.54, 1.807) is 7.11 Å². The van der Waals surface area contributed by atoms with Gasteiger partial charge in [-0.05, 0) is 50.1 Å². The largest absolute Gasteiger partial charge is 0.494 e. The molecule has 2 aliphatic rings. The average Bonchev–Trinajstić information content (AvgIpc) is 3.14. The normalized spacial score (nSPS) is 21.4. The van der Waals surface area contributed by atoms with Crippen molar-refractivity contribution < 1.29 is 19.0 Å². The molecular formula is C21H32N2O4. The van der Waals surface area contributed by atoms with E-state index in [4.69, 9.17) is 14.2 Å².